The molecule has 0 spiro atoms. The van der Waals surface area contributed by atoms with E-state index in [1.165, 1.54) is 0 Å². The third kappa shape index (κ3) is 4.01. The molecule has 1 saturated heterocycles. The Kier molecular flexibility index (Phi) is 5.07. The van der Waals surface area contributed by atoms with Gasteiger partial charge in [0.15, 0.2) is 5.82 Å². The van der Waals surface area contributed by atoms with Gasteiger partial charge in [-0.15, -0.1) is 5.10 Å². The first-order valence-corrected chi connectivity index (χ1v) is 9.50. The third-order valence-corrected chi connectivity index (χ3v) is 5.07. The van der Waals surface area contributed by atoms with Crippen LogP contribution in [0, 0.1) is 19.8 Å². The van der Waals surface area contributed by atoms with Gasteiger partial charge in [-0.2, -0.15) is 4.68 Å². The van der Waals surface area contributed by atoms with Gasteiger partial charge < -0.3 is 10.2 Å². The summed E-state index contributed by atoms with van der Waals surface area (Å²) in [6.45, 7) is 4.56. The zero-order chi connectivity index (χ0) is 20.4. The van der Waals surface area contributed by atoms with Crippen molar-refractivity contribution in [2.24, 2.45) is 5.92 Å². The minimum atomic E-state index is -0.396. The molecular weight excluding hydrogens is 368 g/mol. The number of aryl methyl sites for hydroxylation is 2. The number of amides is 2. The molecule has 1 fully saturated rings. The summed E-state index contributed by atoms with van der Waals surface area (Å²) in [6.07, 6.45) is 0.197. The zero-order valence-electron chi connectivity index (χ0n) is 16.4. The molecule has 0 saturated carbocycles. The van der Waals surface area contributed by atoms with E-state index in [9.17, 15) is 9.59 Å². The van der Waals surface area contributed by atoms with Crippen LogP contribution in [-0.2, 0) is 16.1 Å². The van der Waals surface area contributed by atoms with Gasteiger partial charge in [0, 0.05) is 18.7 Å². The van der Waals surface area contributed by atoms with Gasteiger partial charge in [0.1, 0.15) is 0 Å². The molecule has 2 amide bonds. The van der Waals surface area contributed by atoms with Gasteiger partial charge in [-0.3, -0.25) is 9.59 Å². The Morgan fingerprint density at radius 2 is 1.66 bits per heavy atom. The van der Waals surface area contributed by atoms with Crippen LogP contribution in [0.15, 0.2) is 48.5 Å². The van der Waals surface area contributed by atoms with Crippen LogP contribution in [0.2, 0.25) is 0 Å². The number of carbonyl (C=O) groups excluding carboxylic acids is 2. The molecule has 8 heteroatoms. The number of tetrazole rings is 1. The second-order valence-electron chi connectivity index (χ2n) is 7.30. The largest absolute Gasteiger partial charge is 0.348 e. The fraction of sp³-hybridized carbons (Fsp3) is 0.286. The molecule has 0 aliphatic carbocycles. The number of anilines is 1. The van der Waals surface area contributed by atoms with E-state index in [1.807, 2.05) is 62.4 Å². The average Bonchev–Trinajstić information content (AvgIpc) is 3.34. The SMILES string of the molecule is Cc1ccc(N2C[C@H](C(=O)NCc3nnnn3-c3ccc(C)cc3)CC2=O)cc1. The summed E-state index contributed by atoms with van der Waals surface area (Å²) in [5.74, 6) is -0.0839. The number of rotatable bonds is 5. The van der Waals surface area contributed by atoms with Gasteiger partial charge in [0.05, 0.1) is 18.2 Å². The molecule has 1 aliphatic rings. The maximum absolute atomic E-state index is 12.6. The van der Waals surface area contributed by atoms with Gasteiger partial charge >= 0.3 is 0 Å². The molecule has 148 valence electrons. The van der Waals surface area contributed by atoms with Crippen molar-refractivity contribution in [1.82, 2.24) is 25.5 Å². The number of hydrogen-bond donors (Lipinski definition) is 1. The average molecular weight is 390 g/mol. The Balaban J connectivity index is 1.40. The van der Waals surface area contributed by atoms with Crippen LogP contribution in [0.3, 0.4) is 0 Å². The van der Waals surface area contributed by atoms with Crippen molar-refractivity contribution in [3.8, 4) is 5.69 Å². The molecule has 1 aliphatic heterocycles. The van der Waals surface area contributed by atoms with Crippen LogP contribution < -0.4 is 10.2 Å². The first kappa shape index (κ1) is 18.8. The summed E-state index contributed by atoms with van der Waals surface area (Å²) in [5.41, 5.74) is 3.91. The topological polar surface area (TPSA) is 93.0 Å². The molecule has 8 nitrogen and oxygen atoms in total. The van der Waals surface area contributed by atoms with E-state index in [0.717, 1.165) is 22.5 Å². The van der Waals surface area contributed by atoms with Crippen LogP contribution in [0.5, 0.6) is 0 Å². The maximum Gasteiger partial charge on any atom is 0.227 e. The third-order valence-electron chi connectivity index (χ3n) is 5.07. The smallest absolute Gasteiger partial charge is 0.227 e. The van der Waals surface area contributed by atoms with Gasteiger partial charge in [-0.05, 0) is 48.5 Å². The standard InChI is InChI=1S/C21H22N6O2/c1-14-3-7-17(8-4-14)26-13-16(11-20(26)28)21(29)22-12-19-23-24-25-27(19)18-9-5-15(2)6-10-18/h3-10,16H,11-13H2,1-2H3,(H,22,29)/t16-/m1/s1. The van der Waals surface area contributed by atoms with Crippen molar-refractivity contribution < 1.29 is 9.59 Å². The Hall–Kier alpha value is -3.55. The normalized spacial score (nSPS) is 16.3. The summed E-state index contributed by atoms with van der Waals surface area (Å²) in [6, 6.07) is 15.5. The lowest BCUT2D eigenvalue weighted by molar-refractivity contribution is -0.126. The van der Waals surface area contributed by atoms with Crippen molar-refractivity contribution in [2.75, 3.05) is 11.4 Å². The van der Waals surface area contributed by atoms with Crippen LogP contribution in [-0.4, -0.2) is 38.6 Å². The van der Waals surface area contributed by atoms with Gasteiger partial charge in [-0.1, -0.05) is 35.4 Å². The molecule has 1 aromatic heterocycles. The minimum Gasteiger partial charge on any atom is -0.348 e. The number of nitrogens with one attached hydrogen (secondary N) is 1. The zero-order valence-corrected chi connectivity index (χ0v) is 16.4. The van der Waals surface area contributed by atoms with Crippen molar-refractivity contribution in [3.63, 3.8) is 0 Å². The van der Waals surface area contributed by atoms with Crippen molar-refractivity contribution in [2.45, 2.75) is 26.8 Å². The molecule has 4 rings (SSSR count). The molecule has 1 atom stereocenters. The van der Waals surface area contributed by atoms with Gasteiger partial charge in [0.2, 0.25) is 11.8 Å². The van der Waals surface area contributed by atoms with E-state index >= 15 is 0 Å². The van der Waals surface area contributed by atoms with Gasteiger partial charge in [-0.25, -0.2) is 0 Å². The van der Waals surface area contributed by atoms with E-state index in [-0.39, 0.29) is 24.8 Å². The summed E-state index contributed by atoms with van der Waals surface area (Å²) < 4.78 is 1.60. The first-order chi connectivity index (χ1) is 14.0. The predicted octanol–water partition coefficient (Wildman–Crippen LogP) is 1.95. The molecule has 0 bridgehead atoms. The summed E-state index contributed by atoms with van der Waals surface area (Å²) in [4.78, 5) is 26.7. The molecule has 2 heterocycles. The molecule has 0 unspecified atom stereocenters. The van der Waals surface area contributed by atoms with Crippen LogP contribution in [0.4, 0.5) is 5.69 Å². The maximum atomic E-state index is 12.6. The van der Waals surface area contributed by atoms with Crippen LogP contribution in [0.1, 0.15) is 23.4 Å². The quantitative estimate of drug-likeness (QED) is 0.719. The highest BCUT2D eigenvalue weighted by atomic mass is 16.2. The highest BCUT2D eigenvalue weighted by molar-refractivity contribution is 6.00. The number of benzene rings is 2. The molecule has 29 heavy (non-hydrogen) atoms. The minimum absolute atomic E-state index is 0.0431. The first-order valence-electron chi connectivity index (χ1n) is 9.50. The highest BCUT2D eigenvalue weighted by Gasteiger charge is 2.35. The fourth-order valence-corrected chi connectivity index (χ4v) is 3.37. The van der Waals surface area contributed by atoms with E-state index < -0.39 is 5.92 Å². The fourth-order valence-electron chi connectivity index (χ4n) is 3.37. The van der Waals surface area contributed by atoms with E-state index in [1.54, 1.807) is 9.58 Å². The summed E-state index contributed by atoms with van der Waals surface area (Å²) in [5, 5.41) is 14.6. The predicted molar refractivity (Wildman–Crippen MR) is 107 cm³/mol. The van der Waals surface area contributed by atoms with Crippen LogP contribution >= 0.6 is 0 Å². The summed E-state index contributed by atoms with van der Waals surface area (Å²) >= 11 is 0. The second kappa shape index (κ2) is 7.83. The van der Waals surface area contributed by atoms with E-state index in [0.29, 0.717) is 12.4 Å². The lowest BCUT2D eigenvalue weighted by Gasteiger charge is -2.17. The Morgan fingerprint density at radius 1 is 1.03 bits per heavy atom. The number of nitrogens with zero attached hydrogens (tertiary/aromatic N) is 5. The molecule has 1 N–H and O–H groups in total. The highest BCUT2D eigenvalue weighted by Crippen LogP contribution is 2.25. The molecule has 2 aromatic carbocycles. The molecule has 3 aromatic rings. The van der Waals surface area contributed by atoms with Gasteiger partial charge in [0.25, 0.3) is 0 Å². The van der Waals surface area contributed by atoms with Crippen molar-refractivity contribution in [3.05, 3.63) is 65.5 Å². The van der Waals surface area contributed by atoms with E-state index in [4.69, 9.17) is 0 Å². The lowest BCUT2D eigenvalue weighted by Crippen LogP contribution is -2.33. The van der Waals surface area contributed by atoms with Crippen LogP contribution in [0.25, 0.3) is 5.69 Å². The second-order valence-corrected chi connectivity index (χ2v) is 7.30. The Labute approximate surface area is 168 Å². The summed E-state index contributed by atoms with van der Waals surface area (Å²) in [7, 11) is 0. The lowest BCUT2D eigenvalue weighted by atomic mass is 10.1. The number of hydrogen-bond acceptors (Lipinski definition) is 5. The molecular formula is C21H22N6O2. The Morgan fingerprint density at radius 3 is 2.31 bits per heavy atom. The number of carbonyl (C=O) groups is 2. The van der Waals surface area contributed by atoms with E-state index in [2.05, 4.69) is 20.8 Å². The monoisotopic (exact) mass is 390 g/mol. The van der Waals surface area contributed by atoms with Crippen molar-refractivity contribution in [1.29, 1.82) is 0 Å². The molecule has 0 radical (unpaired) electrons. The number of aromatic nitrogens is 4. The Bertz CT molecular complexity index is 1030. The van der Waals surface area contributed by atoms with Crippen molar-refractivity contribution >= 4 is 17.5 Å².